The molecule has 0 unspecified atom stereocenters. The Labute approximate surface area is 153 Å². The predicted octanol–water partition coefficient (Wildman–Crippen LogP) is 4.15. The summed E-state index contributed by atoms with van der Waals surface area (Å²) < 4.78 is 0.575. The molecule has 7 heteroatoms. The molecule has 0 atom stereocenters. The summed E-state index contributed by atoms with van der Waals surface area (Å²) >= 11 is 9.03. The number of nitrogens with zero attached hydrogens (tertiary/aromatic N) is 1. The van der Waals surface area contributed by atoms with Gasteiger partial charge in [0.2, 0.25) is 5.91 Å². The molecule has 2 aromatic rings. The Balaban J connectivity index is 1.66. The number of hydrazone groups is 1. The molecule has 1 amide bonds. The summed E-state index contributed by atoms with van der Waals surface area (Å²) in [7, 11) is 0. The topological polar surface area (TPSA) is 73.7 Å². The molecule has 0 heterocycles. The number of nitrogens with one attached hydrogen (secondary N) is 2. The van der Waals surface area contributed by atoms with Crippen molar-refractivity contribution in [1.82, 2.24) is 5.43 Å². The van der Waals surface area contributed by atoms with Gasteiger partial charge in [0.25, 0.3) is 0 Å². The summed E-state index contributed by atoms with van der Waals surface area (Å²) in [4.78, 5) is 11.7. The number of amides is 1. The van der Waals surface area contributed by atoms with Crippen LogP contribution in [0.15, 0.2) is 52.0 Å². The lowest BCUT2D eigenvalue weighted by atomic mass is 10.2. The Morgan fingerprint density at radius 2 is 2.00 bits per heavy atom. The summed E-state index contributed by atoms with van der Waals surface area (Å²) in [5.74, 6) is 0.00590. The van der Waals surface area contributed by atoms with Gasteiger partial charge < -0.3 is 10.4 Å². The van der Waals surface area contributed by atoms with Gasteiger partial charge >= 0.3 is 0 Å². The lowest BCUT2D eigenvalue weighted by molar-refractivity contribution is -0.121. The molecule has 0 aliphatic rings. The Morgan fingerprint density at radius 1 is 1.25 bits per heavy atom. The third-order valence-electron chi connectivity index (χ3n) is 3.13. The first-order valence-electron chi connectivity index (χ1n) is 7.34. The highest BCUT2D eigenvalue weighted by Crippen LogP contribution is 2.23. The molecule has 0 spiro atoms. The van der Waals surface area contributed by atoms with Crippen LogP contribution in [0.3, 0.4) is 0 Å². The van der Waals surface area contributed by atoms with Crippen LogP contribution < -0.4 is 10.7 Å². The number of aromatic hydroxyl groups is 1. The highest BCUT2D eigenvalue weighted by Gasteiger charge is 2.00. The maximum absolute atomic E-state index is 11.7. The van der Waals surface area contributed by atoms with Crippen molar-refractivity contribution in [3.8, 4) is 5.75 Å². The second kappa shape index (κ2) is 9.30. The van der Waals surface area contributed by atoms with Crippen LogP contribution in [0, 0.1) is 0 Å². The zero-order valence-electron chi connectivity index (χ0n) is 12.8. The van der Waals surface area contributed by atoms with Gasteiger partial charge in [-0.15, -0.1) is 0 Å². The van der Waals surface area contributed by atoms with Crippen molar-refractivity contribution in [3.05, 3.63) is 57.5 Å². The van der Waals surface area contributed by atoms with Crippen LogP contribution >= 0.6 is 27.5 Å². The lowest BCUT2D eigenvalue weighted by Gasteiger charge is -2.05. The third kappa shape index (κ3) is 6.22. The van der Waals surface area contributed by atoms with Gasteiger partial charge in [0.1, 0.15) is 5.75 Å². The number of phenols is 1. The Morgan fingerprint density at radius 3 is 2.71 bits per heavy atom. The molecule has 2 rings (SSSR count). The number of hydrogen-bond donors (Lipinski definition) is 3. The van der Waals surface area contributed by atoms with Gasteiger partial charge in [-0.25, -0.2) is 5.43 Å². The zero-order chi connectivity index (χ0) is 17.4. The van der Waals surface area contributed by atoms with E-state index in [0.29, 0.717) is 28.9 Å². The highest BCUT2D eigenvalue weighted by molar-refractivity contribution is 9.10. The summed E-state index contributed by atoms with van der Waals surface area (Å²) in [5.41, 5.74) is 4.22. The second-order valence-corrected chi connectivity index (χ2v) is 6.33. The average molecular weight is 411 g/mol. The molecule has 0 radical (unpaired) electrons. The van der Waals surface area contributed by atoms with E-state index in [1.807, 2.05) is 24.3 Å². The summed E-state index contributed by atoms with van der Waals surface area (Å²) in [6, 6.07) is 12.4. The lowest BCUT2D eigenvalue weighted by Crippen LogP contribution is -2.18. The SMILES string of the molecule is O=C(CCCNc1ccc(Cl)cc1)NN=Cc1ccc(O)c(Br)c1. The maximum atomic E-state index is 11.7. The number of halogens is 2. The fraction of sp³-hybridized carbons (Fsp3) is 0.176. The Bertz CT molecular complexity index is 720. The van der Waals surface area contributed by atoms with Crippen LogP contribution in [-0.4, -0.2) is 23.8 Å². The molecule has 2 aromatic carbocycles. The first-order valence-corrected chi connectivity index (χ1v) is 8.51. The van der Waals surface area contributed by atoms with Crippen LogP contribution in [0.25, 0.3) is 0 Å². The van der Waals surface area contributed by atoms with E-state index in [9.17, 15) is 9.90 Å². The van der Waals surface area contributed by atoms with Crippen LogP contribution in [0.2, 0.25) is 5.02 Å². The average Bonchev–Trinajstić information content (AvgIpc) is 2.56. The summed E-state index contributed by atoms with van der Waals surface area (Å²) in [6.45, 7) is 0.684. The molecule has 126 valence electrons. The van der Waals surface area contributed by atoms with Crippen molar-refractivity contribution in [1.29, 1.82) is 0 Å². The number of phenolic OH excluding ortho intramolecular Hbond substituents is 1. The fourth-order valence-electron chi connectivity index (χ4n) is 1.89. The van der Waals surface area contributed by atoms with Gasteiger partial charge in [0.15, 0.2) is 0 Å². The monoisotopic (exact) mass is 409 g/mol. The van der Waals surface area contributed by atoms with E-state index in [2.05, 4.69) is 31.8 Å². The molecule has 0 aromatic heterocycles. The Kier molecular flexibility index (Phi) is 7.08. The normalized spacial score (nSPS) is 10.8. The number of anilines is 1. The maximum Gasteiger partial charge on any atom is 0.240 e. The van der Waals surface area contributed by atoms with E-state index in [4.69, 9.17) is 11.6 Å². The van der Waals surface area contributed by atoms with Crippen LogP contribution in [0.5, 0.6) is 5.75 Å². The number of hydrogen-bond acceptors (Lipinski definition) is 4. The highest BCUT2D eigenvalue weighted by atomic mass is 79.9. The fourth-order valence-corrected chi connectivity index (χ4v) is 2.41. The van der Waals surface area contributed by atoms with Crippen molar-refractivity contribution in [2.24, 2.45) is 5.10 Å². The van der Waals surface area contributed by atoms with E-state index >= 15 is 0 Å². The number of carbonyl (C=O) groups is 1. The minimum absolute atomic E-state index is 0.151. The number of rotatable bonds is 7. The van der Waals surface area contributed by atoms with E-state index in [1.54, 1.807) is 18.2 Å². The largest absolute Gasteiger partial charge is 0.507 e. The summed E-state index contributed by atoms with van der Waals surface area (Å²) in [5, 5.41) is 17.2. The van der Waals surface area contributed by atoms with Crippen LogP contribution in [0.1, 0.15) is 18.4 Å². The Hall–Kier alpha value is -2.05. The molecule has 24 heavy (non-hydrogen) atoms. The van der Waals surface area contributed by atoms with E-state index < -0.39 is 0 Å². The van der Waals surface area contributed by atoms with Crippen molar-refractivity contribution < 1.29 is 9.90 Å². The molecule has 3 N–H and O–H groups in total. The van der Waals surface area contributed by atoms with Crippen LogP contribution in [-0.2, 0) is 4.79 Å². The van der Waals surface area contributed by atoms with Gasteiger partial charge in [-0.3, -0.25) is 4.79 Å². The van der Waals surface area contributed by atoms with Gasteiger partial charge in [-0.2, -0.15) is 5.10 Å². The van der Waals surface area contributed by atoms with Crippen molar-refractivity contribution in [2.75, 3.05) is 11.9 Å². The molecular formula is C17H17BrClN3O2. The molecular weight excluding hydrogens is 394 g/mol. The number of benzene rings is 2. The number of carbonyl (C=O) groups excluding carboxylic acids is 1. The predicted molar refractivity (Wildman–Crippen MR) is 101 cm³/mol. The van der Waals surface area contributed by atoms with Crippen molar-refractivity contribution in [3.63, 3.8) is 0 Å². The van der Waals surface area contributed by atoms with Crippen LogP contribution in [0.4, 0.5) is 5.69 Å². The first-order chi connectivity index (χ1) is 11.5. The molecule has 0 saturated carbocycles. The first kappa shape index (κ1) is 18.3. The molecule has 0 fully saturated rings. The van der Waals surface area contributed by atoms with Crippen molar-refractivity contribution >= 4 is 45.3 Å². The minimum atomic E-state index is -0.151. The molecule has 0 bridgehead atoms. The molecule has 0 aliphatic heterocycles. The molecule has 5 nitrogen and oxygen atoms in total. The molecule has 0 aliphatic carbocycles. The summed E-state index contributed by atoms with van der Waals surface area (Å²) in [6.07, 6.45) is 2.58. The van der Waals surface area contributed by atoms with Gasteiger partial charge in [-0.05, 0) is 70.4 Å². The van der Waals surface area contributed by atoms with Gasteiger partial charge in [0, 0.05) is 23.7 Å². The van der Waals surface area contributed by atoms with E-state index in [1.165, 1.54) is 6.21 Å². The zero-order valence-corrected chi connectivity index (χ0v) is 15.1. The quantitative estimate of drug-likeness (QED) is 0.365. The minimum Gasteiger partial charge on any atom is -0.507 e. The third-order valence-corrected chi connectivity index (χ3v) is 4.02. The smallest absolute Gasteiger partial charge is 0.240 e. The van der Waals surface area contributed by atoms with E-state index in [0.717, 1.165) is 11.3 Å². The molecule has 0 saturated heterocycles. The second-order valence-electron chi connectivity index (χ2n) is 5.04. The standard InChI is InChI=1S/C17H17BrClN3O2/c18-15-10-12(3-8-16(15)23)11-21-22-17(24)2-1-9-20-14-6-4-13(19)5-7-14/h3-8,10-11,20,23H,1-2,9H2,(H,22,24). The van der Waals surface area contributed by atoms with Crippen molar-refractivity contribution in [2.45, 2.75) is 12.8 Å². The van der Waals surface area contributed by atoms with Gasteiger partial charge in [0.05, 0.1) is 10.7 Å². The van der Waals surface area contributed by atoms with E-state index in [-0.39, 0.29) is 11.7 Å². The van der Waals surface area contributed by atoms with Gasteiger partial charge in [-0.1, -0.05) is 11.6 Å².